The Kier molecular flexibility index (Phi) is 6.60. The molecule has 2 aliphatic rings. The highest BCUT2D eigenvalue weighted by Gasteiger charge is 2.33. The third kappa shape index (κ3) is 5.50. The highest BCUT2D eigenvalue weighted by Crippen LogP contribution is 2.32. The average molecular weight is 447 g/mol. The number of carbonyl (C=O) groups is 1. The van der Waals surface area contributed by atoms with Crippen molar-refractivity contribution in [3.05, 3.63) is 52.2 Å². The summed E-state index contributed by atoms with van der Waals surface area (Å²) >= 11 is 1.82. The molecule has 0 N–H and O–H groups in total. The van der Waals surface area contributed by atoms with Crippen LogP contribution in [-0.2, 0) is 16.3 Å². The van der Waals surface area contributed by atoms with E-state index in [9.17, 15) is 13.2 Å². The van der Waals surface area contributed by atoms with Crippen LogP contribution in [0.1, 0.15) is 40.9 Å². The maximum absolute atomic E-state index is 13.3. The molecule has 1 amide bonds. The van der Waals surface area contributed by atoms with Crippen LogP contribution in [0.5, 0.6) is 0 Å². The van der Waals surface area contributed by atoms with Gasteiger partial charge in [0.05, 0.1) is 4.90 Å². The number of rotatable bonds is 8. The second-order valence-corrected chi connectivity index (χ2v) is 11.6. The second-order valence-electron chi connectivity index (χ2n) is 8.60. The molecule has 7 heteroatoms. The summed E-state index contributed by atoms with van der Waals surface area (Å²) in [5.41, 5.74) is 0.586. The first-order chi connectivity index (χ1) is 14.4. The maximum Gasteiger partial charge on any atom is 0.254 e. The third-order valence-electron chi connectivity index (χ3n) is 6.19. The van der Waals surface area contributed by atoms with E-state index in [2.05, 4.69) is 27.3 Å². The smallest absolute Gasteiger partial charge is 0.254 e. The van der Waals surface area contributed by atoms with Crippen LogP contribution in [0.4, 0.5) is 0 Å². The SMILES string of the molecule is CS(=O)(=O)c1ccc(C(=O)N(CC2CC2)C2CCN(CCc3cccs3)CC2)cc1. The molecule has 0 unspecified atom stereocenters. The number of amides is 1. The number of thiophene rings is 1. The fourth-order valence-electron chi connectivity index (χ4n) is 4.16. The fourth-order valence-corrected chi connectivity index (χ4v) is 5.49. The first-order valence-electron chi connectivity index (χ1n) is 10.8. The first-order valence-corrected chi connectivity index (χ1v) is 13.5. The number of benzene rings is 1. The van der Waals surface area contributed by atoms with Crippen LogP contribution >= 0.6 is 11.3 Å². The molecule has 2 aromatic rings. The molecule has 1 aromatic heterocycles. The largest absolute Gasteiger partial charge is 0.335 e. The lowest BCUT2D eigenvalue weighted by Crippen LogP contribution is -2.48. The van der Waals surface area contributed by atoms with Crippen molar-refractivity contribution in [2.45, 2.75) is 43.0 Å². The molecule has 1 aliphatic heterocycles. The van der Waals surface area contributed by atoms with Crippen molar-refractivity contribution >= 4 is 27.1 Å². The summed E-state index contributed by atoms with van der Waals surface area (Å²) in [5.74, 6) is 0.667. The normalized spacial score (nSPS) is 18.4. The molecular formula is C23H30N2O3S2. The van der Waals surface area contributed by atoms with Crippen LogP contribution < -0.4 is 0 Å². The number of nitrogens with zero attached hydrogens (tertiary/aromatic N) is 2. The van der Waals surface area contributed by atoms with E-state index in [1.54, 1.807) is 24.3 Å². The summed E-state index contributed by atoms with van der Waals surface area (Å²) in [6.45, 7) is 3.96. The van der Waals surface area contributed by atoms with Gasteiger partial charge in [0, 0.05) is 48.9 Å². The molecule has 1 aliphatic carbocycles. The lowest BCUT2D eigenvalue weighted by Gasteiger charge is -2.39. The standard InChI is InChI=1S/C23H30N2O3S2/c1-30(27,28)22-8-6-19(7-9-22)23(26)25(17-18-4-5-18)20-10-13-24(14-11-20)15-12-21-3-2-16-29-21/h2-3,6-9,16,18,20H,4-5,10-15,17H2,1H3. The zero-order valence-electron chi connectivity index (χ0n) is 17.5. The molecule has 0 radical (unpaired) electrons. The minimum absolute atomic E-state index is 0.0407. The number of carbonyl (C=O) groups excluding carboxylic acids is 1. The van der Waals surface area contributed by atoms with E-state index >= 15 is 0 Å². The minimum atomic E-state index is -3.25. The molecule has 1 aromatic carbocycles. The molecule has 2 heterocycles. The van der Waals surface area contributed by atoms with Gasteiger partial charge in [-0.2, -0.15) is 0 Å². The summed E-state index contributed by atoms with van der Waals surface area (Å²) in [6.07, 6.45) is 6.71. The number of hydrogen-bond acceptors (Lipinski definition) is 5. The van der Waals surface area contributed by atoms with Crippen LogP contribution in [0.25, 0.3) is 0 Å². The lowest BCUT2D eigenvalue weighted by atomic mass is 10.0. The van der Waals surface area contributed by atoms with E-state index in [1.807, 2.05) is 11.3 Å². The quantitative estimate of drug-likeness (QED) is 0.620. The molecule has 1 saturated heterocycles. The van der Waals surface area contributed by atoms with Gasteiger partial charge in [0.2, 0.25) is 0 Å². The van der Waals surface area contributed by atoms with Crippen LogP contribution in [0.2, 0.25) is 0 Å². The fraction of sp³-hybridized carbons (Fsp3) is 0.522. The van der Waals surface area contributed by atoms with Gasteiger partial charge in [-0.1, -0.05) is 6.07 Å². The molecule has 0 atom stereocenters. The van der Waals surface area contributed by atoms with Crippen molar-refractivity contribution in [3.8, 4) is 0 Å². The Morgan fingerprint density at radius 1 is 1.10 bits per heavy atom. The molecule has 1 saturated carbocycles. The predicted octanol–water partition coefficient (Wildman–Crippen LogP) is 3.71. The summed E-state index contributed by atoms with van der Waals surface area (Å²) in [4.78, 5) is 19.6. The Balaban J connectivity index is 1.38. The van der Waals surface area contributed by atoms with E-state index in [4.69, 9.17) is 0 Å². The Labute approximate surface area is 183 Å². The van der Waals surface area contributed by atoms with Crippen LogP contribution in [-0.4, -0.2) is 62.6 Å². The molecular weight excluding hydrogens is 416 g/mol. The molecule has 0 bridgehead atoms. The van der Waals surface area contributed by atoms with E-state index in [1.165, 1.54) is 24.0 Å². The van der Waals surface area contributed by atoms with E-state index in [0.29, 0.717) is 11.5 Å². The van der Waals surface area contributed by atoms with Gasteiger partial charge in [0.15, 0.2) is 9.84 Å². The summed E-state index contributed by atoms with van der Waals surface area (Å²) < 4.78 is 23.4. The monoisotopic (exact) mass is 446 g/mol. The topological polar surface area (TPSA) is 57.7 Å². The molecule has 162 valence electrons. The number of likely N-dealkylation sites (tertiary alicyclic amines) is 1. The minimum Gasteiger partial charge on any atom is -0.335 e. The van der Waals surface area contributed by atoms with E-state index in [0.717, 1.165) is 45.4 Å². The first kappa shape index (κ1) is 21.5. The van der Waals surface area contributed by atoms with Crippen LogP contribution in [0.3, 0.4) is 0 Å². The van der Waals surface area contributed by atoms with Crippen molar-refractivity contribution in [1.29, 1.82) is 0 Å². The van der Waals surface area contributed by atoms with Crippen molar-refractivity contribution in [2.24, 2.45) is 5.92 Å². The van der Waals surface area contributed by atoms with Gasteiger partial charge < -0.3 is 9.80 Å². The second kappa shape index (κ2) is 9.20. The summed E-state index contributed by atoms with van der Waals surface area (Å²) in [7, 11) is -3.25. The van der Waals surface area contributed by atoms with Gasteiger partial charge in [-0.05, 0) is 73.7 Å². The van der Waals surface area contributed by atoms with Crippen LogP contribution in [0.15, 0.2) is 46.7 Å². The molecule has 0 spiro atoms. The van der Waals surface area contributed by atoms with Gasteiger partial charge in [-0.3, -0.25) is 4.79 Å². The molecule has 2 fully saturated rings. The van der Waals surface area contributed by atoms with Crippen molar-refractivity contribution < 1.29 is 13.2 Å². The van der Waals surface area contributed by atoms with Crippen molar-refractivity contribution in [3.63, 3.8) is 0 Å². The van der Waals surface area contributed by atoms with Gasteiger partial charge >= 0.3 is 0 Å². The Morgan fingerprint density at radius 3 is 2.37 bits per heavy atom. The van der Waals surface area contributed by atoms with Crippen molar-refractivity contribution in [2.75, 3.05) is 32.4 Å². The summed E-state index contributed by atoms with van der Waals surface area (Å²) in [6, 6.07) is 11.0. The zero-order chi connectivity index (χ0) is 21.1. The van der Waals surface area contributed by atoms with Crippen LogP contribution in [0, 0.1) is 5.92 Å². The highest BCUT2D eigenvalue weighted by molar-refractivity contribution is 7.90. The van der Waals surface area contributed by atoms with Gasteiger partial charge in [0.1, 0.15) is 0 Å². The highest BCUT2D eigenvalue weighted by atomic mass is 32.2. The Morgan fingerprint density at radius 2 is 1.80 bits per heavy atom. The molecule has 30 heavy (non-hydrogen) atoms. The van der Waals surface area contributed by atoms with E-state index in [-0.39, 0.29) is 16.8 Å². The molecule has 5 nitrogen and oxygen atoms in total. The van der Waals surface area contributed by atoms with Gasteiger partial charge in [0.25, 0.3) is 5.91 Å². The predicted molar refractivity (Wildman–Crippen MR) is 121 cm³/mol. The maximum atomic E-state index is 13.3. The van der Waals surface area contributed by atoms with E-state index < -0.39 is 9.84 Å². The van der Waals surface area contributed by atoms with Gasteiger partial charge in [-0.15, -0.1) is 11.3 Å². The third-order valence-corrected chi connectivity index (χ3v) is 8.26. The number of hydrogen-bond donors (Lipinski definition) is 0. The molecule has 4 rings (SSSR count). The Bertz CT molecular complexity index is 943. The van der Waals surface area contributed by atoms with Crippen molar-refractivity contribution in [1.82, 2.24) is 9.80 Å². The lowest BCUT2D eigenvalue weighted by molar-refractivity contribution is 0.0560. The summed E-state index contributed by atoms with van der Waals surface area (Å²) in [5, 5.41) is 2.13. The number of sulfone groups is 1. The number of piperidine rings is 1. The zero-order valence-corrected chi connectivity index (χ0v) is 19.1. The Hall–Kier alpha value is -1.70. The van der Waals surface area contributed by atoms with Gasteiger partial charge in [-0.25, -0.2) is 8.42 Å². The average Bonchev–Trinajstić information content (AvgIpc) is 3.41.